The summed E-state index contributed by atoms with van der Waals surface area (Å²) in [6.07, 6.45) is 5.81. The number of rotatable bonds is 7. The number of aromatic nitrogens is 4. The molecular weight excluding hydrogens is 516 g/mol. The molecule has 1 aliphatic carbocycles. The minimum atomic E-state index is -0.959. The van der Waals surface area contributed by atoms with Gasteiger partial charge in [0.1, 0.15) is 11.2 Å². The third kappa shape index (κ3) is 5.63. The Morgan fingerprint density at radius 1 is 0.927 bits per heavy atom. The minimum absolute atomic E-state index is 0.321. The number of carbonyl (C=O) groups is 2. The maximum Gasteiger partial charge on any atom is 0.255 e. The number of carbonyl (C=O) groups excluding carboxylic acids is 2. The molecule has 0 bridgehead atoms. The fourth-order valence-electron chi connectivity index (χ4n) is 4.19. The molecule has 0 unspecified atom stereocenters. The van der Waals surface area contributed by atoms with Crippen LogP contribution in [0.1, 0.15) is 48.3 Å². The highest BCUT2D eigenvalue weighted by Crippen LogP contribution is 2.45. The number of pyridine rings is 2. The van der Waals surface area contributed by atoms with E-state index in [0.717, 1.165) is 11.1 Å². The van der Waals surface area contributed by atoms with Gasteiger partial charge < -0.3 is 10.6 Å². The van der Waals surface area contributed by atoms with E-state index in [1.165, 1.54) is 6.20 Å². The highest BCUT2D eigenvalue weighted by Gasteiger charge is 2.50. The summed E-state index contributed by atoms with van der Waals surface area (Å²) in [6, 6.07) is 18.3. The molecule has 0 aliphatic heterocycles. The predicted molar refractivity (Wildman–Crippen MR) is 152 cm³/mol. The first kappa shape index (κ1) is 27.1. The van der Waals surface area contributed by atoms with E-state index in [0.29, 0.717) is 52.7 Å². The molecule has 5 rings (SSSR count). The van der Waals surface area contributed by atoms with Crippen LogP contribution in [0.2, 0.25) is 0 Å². The lowest BCUT2D eigenvalue weighted by Crippen LogP contribution is -2.23. The normalized spacial score (nSPS) is 13.4. The molecule has 2 amide bonds. The SMILES string of the molecule is Cc1ccc(NC(=O)c2ccnc(C(C)(C)C#N)c2)cc1-c1ccnc(-c2ccnc(NC(=O)C3(C#N)CC3)c2)n1. The van der Waals surface area contributed by atoms with Crippen molar-refractivity contribution in [3.05, 3.63) is 83.9 Å². The molecule has 2 N–H and O–H groups in total. The summed E-state index contributed by atoms with van der Waals surface area (Å²) in [7, 11) is 0. The summed E-state index contributed by atoms with van der Waals surface area (Å²) in [5.74, 6) is 0.0725. The van der Waals surface area contributed by atoms with E-state index in [4.69, 9.17) is 4.98 Å². The van der Waals surface area contributed by atoms with Crippen LogP contribution >= 0.6 is 0 Å². The van der Waals surface area contributed by atoms with Gasteiger partial charge in [0.05, 0.1) is 28.9 Å². The Bertz CT molecular complexity index is 1760. The number of amides is 2. The Hall–Kier alpha value is -5.48. The molecule has 202 valence electrons. The summed E-state index contributed by atoms with van der Waals surface area (Å²) in [5, 5.41) is 24.4. The van der Waals surface area contributed by atoms with Gasteiger partial charge in [-0.05, 0) is 81.6 Å². The van der Waals surface area contributed by atoms with Gasteiger partial charge >= 0.3 is 0 Å². The van der Waals surface area contributed by atoms with Gasteiger partial charge in [0, 0.05) is 41.0 Å². The van der Waals surface area contributed by atoms with E-state index in [-0.39, 0.29) is 11.8 Å². The molecule has 0 saturated heterocycles. The molecule has 1 fully saturated rings. The molecule has 1 saturated carbocycles. The predicted octanol–water partition coefficient (Wildman–Crippen LogP) is 5.20. The van der Waals surface area contributed by atoms with Crippen molar-refractivity contribution in [3.63, 3.8) is 0 Å². The molecule has 0 spiro atoms. The lowest BCUT2D eigenvalue weighted by atomic mass is 9.90. The highest BCUT2D eigenvalue weighted by molar-refractivity contribution is 6.04. The van der Waals surface area contributed by atoms with Crippen molar-refractivity contribution < 1.29 is 9.59 Å². The molecule has 41 heavy (non-hydrogen) atoms. The Morgan fingerprint density at radius 2 is 1.68 bits per heavy atom. The summed E-state index contributed by atoms with van der Waals surface area (Å²) in [6.45, 7) is 5.45. The number of anilines is 2. The zero-order chi connectivity index (χ0) is 29.2. The number of hydrogen-bond acceptors (Lipinski definition) is 8. The molecule has 1 aliphatic rings. The van der Waals surface area contributed by atoms with E-state index in [9.17, 15) is 20.1 Å². The van der Waals surface area contributed by atoms with Gasteiger partial charge in [-0.1, -0.05) is 6.07 Å². The third-order valence-corrected chi connectivity index (χ3v) is 7.03. The average molecular weight is 543 g/mol. The molecule has 0 radical (unpaired) electrons. The van der Waals surface area contributed by atoms with Crippen LogP contribution in [-0.2, 0) is 10.2 Å². The fourth-order valence-corrected chi connectivity index (χ4v) is 4.19. The Labute approximate surface area is 237 Å². The number of benzene rings is 1. The van der Waals surface area contributed by atoms with Crippen LogP contribution in [0, 0.1) is 35.0 Å². The number of hydrogen-bond donors (Lipinski definition) is 2. The van der Waals surface area contributed by atoms with Crippen molar-refractivity contribution in [3.8, 4) is 34.8 Å². The number of nitrogens with zero attached hydrogens (tertiary/aromatic N) is 6. The lowest BCUT2D eigenvalue weighted by molar-refractivity contribution is -0.119. The fraction of sp³-hybridized carbons (Fsp3) is 0.226. The smallest absolute Gasteiger partial charge is 0.255 e. The lowest BCUT2D eigenvalue weighted by Gasteiger charge is -2.15. The molecule has 10 heteroatoms. The van der Waals surface area contributed by atoms with Crippen LogP contribution in [0.3, 0.4) is 0 Å². The number of nitrogens with one attached hydrogen (secondary N) is 2. The van der Waals surface area contributed by atoms with Gasteiger partial charge in [0.2, 0.25) is 5.91 Å². The second-order valence-corrected chi connectivity index (χ2v) is 10.5. The Morgan fingerprint density at radius 3 is 2.41 bits per heavy atom. The highest BCUT2D eigenvalue weighted by atomic mass is 16.2. The van der Waals surface area contributed by atoms with E-state index < -0.39 is 10.8 Å². The summed E-state index contributed by atoms with van der Waals surface area (Å²) in [5.41, 5.74) is 2.75. The monoisotopic (exact) mass is 542 g/mol. The largest absolute Gasteiger partial charge is 0.322 e. The second kappa shape index (κ2) is 10.6. The van der Waals surface area contributed by atoms with Gasteiger partial charge in [-0.15, -0.1) is 0 Å². The minimum Gasteiger partial charge on any atom is -0.322 e. The first-order chi connectivity index (χ1) is 19.6. The van der Waals surface area contributed by atoms with E-state index in [1.807, 2.05) is 25.1 Å². The maximum atomic E-state index is 13.0. The number of aryl methyl sites for hydroxylation is 1. The Balaban J connectivity index is 1.38. The van der Waals surface area contributed by atoms with Gasteiger partial charge in [-0.2, -0.15) is 10.5 Å². The van der Waals surface area contributed by atoms with Crippen molar-refractivity contribution in [1.82, 2.24) is 19.9 Å². The summed E-state index contributed by atoms with van der Waals surface area (Å²) >= 11 is 0. The Kier molecular flexibility index (Phi) is 7.00. The quantitative estimate of drug-likeness (QED) is 0.322. The number of nitriles is 2. The van der Waals surface area contributed by atoms with E-state index in [2.05, 4.69) is 37.7 Å². The molecule has 10 nitrogen and oxygen atoms in total. The average Bonchev–Trinajstić information content (AvgIpc) is 3.80. The van der Waals surface area contributed by atoms with Gasteiger partial charge in [0.25, 0.3) is 5.91 Å². The van der Waals surface area contributed by atoms with Crippen LogP contribution in [0.4, 0.5) is 11.5 Å². The van der Waals surface area contributed by atoms with Crippen LogP contribution < -0.4 is 10.6 Å². The zero-order valence-corrected chi connectivity index (χ0v) is 22.8. The van der Waals surface area contributed by atoms with Crippen molar-refractivity contribution in [1.29, 1.82) is 10.5 Å². The van der Waals surface area contributed by atoms with Crippen LogP contribution in [0.5, 0.6) is 0 Å². The van der Waals surface area contributed by atoms with Gasteiger partial charge in [0.15, 0.2) is 5.82 Å². The third-order valence-electron chi connectivity index (χ3n) is 7.03. The molecule has 1 aromatic carbocycles. The van der Waals surface area contributed by atoms with Crippen molar-refractivity contribution >= 4 is 23.3 Å². The van der Waals surface area contributed by atoms with Crippen molar-refractivity contribution in [2.45, 2.75) is 39.0 Å². The van der Waals surface area contributed by atoms with Crippen molar-refractivity contribution in [2.75, 3.05) is 10.6 Å². The molecule has 3 heterocycles. The molecule has 4 aromatic rings. The summed E-state index contributed by atoms with van der Waals surface area (Å²) < 4.78 is 0. The standard InChI is InChI=1S/C31H26N8O2/c1-19-4-5-22(37-28(40)21-7-11-34-25(14-21)30(2,3)17-32)16-23(19)24-8-13-36-27(38-24)20-6-12-35-26(15-20)39-29(41)31(18-33)9-10-31/h4-8,11-16H,9-10H2,1-3H3,(H,37,40)(H,35,39,41). The summed E-state index contributed by atoms with van der Waals surface area (Å²) in [4.78, 5) is 43.1. The first-order valence-corrected chi connectivity index (χ1v) is 13.0. The van der Waals surface area contributed by atoms with Crippen LogP contribution in [0.25, 0.3) is 22.6 Å². The topological polar surface area (TPSA) is 157 Å². The molecule has 0 atom stereocenters. The van der Waals surface area contributed by atoms with Crippen LogP contribution in [-0.4, -0.2) is 31.8 Å². The second-order valence-electron chi connectivity index (χ2n) is 10.5. The van der Waals surface area contributed by atoms with E-state index in [1.54, 1.807) is 56.6 Å². The van der Waals surface area contributed by atoms with Crippen LogP contribution in [0.15, 0.2) is 67.1 Å². The van der Waals surface area contributed by atoms with Gasteiger partial charge in [-0.25, -0.2) is 15.0 Å². The first-order valence-electron chi connectivity index (χ1n) is 13.0. The van der Waals surface area contributed by atoms with Gasteiger partial charge in [-0.3, -0.25) is 14.6 Å². The van der Waals surface area contributed by atoms with Crippen molar-refractivity contribution in [2.24, 2.45) is 5.41 Å². The maximum absolute atomic E-state index is 13.0. The zero-order valence-electron chi connectivity index (χ0n) is 22.8. The molecular formula is C31H26N8O2. The van der Waals surface area contributed by atoms with E-state index >= 15 is 0 Å². The molecule has 3 aromatic heterocycles.